The first-order valence-corrected chi connectivity index (χ1v) is 7.09. The van der Waals surface area contributed by atoms with Gasteiger partial charge in [-0.05, 0) is 38.3 Å². The minimum atomic E-state index is -1.22. The number of hydrogen-bond acceptors (Lipinski definition) is 2. The van der Waals surface area contributed by atoms with E-state index in [0.29, 0.717) is 35.4 Å². The Labute approximate surface area is 116 Å². The molecule has 2 rings (SSSR count). The van der Waals surface area contributed by atoms with Gasteiger partial charge in [0.25, 0.3) is 0 Å². The molecule has 0 radical (unpaired) electrons. The summed E-state index contributed by atoms with van der Waals surface area (Å²) in [7, 11) is 0. The van der Waals surface area contributed by atoms with Gasteiger partial charge in [-0.2, -0.15) is 0 Å². The number of alkyl halides is 1. The van der Waals surface area contributed by atoms with Gasteiger partial charge in [0.15, 0.2) is 0 Å². The molecular weight excluding hydrogens is 239 g/mol. The molecule has 0 spiro atoms. The molecule has 19 heavy (non-hydrogen) atoms. The Morgan fingerprint density at radius 2 is 1.68 bits per heavy atom. The zero-order valence-corrected chi connectivity index (χ0v) is 13.0. The van der Waals surface area contributed by atoms with Crippen LogP contribution in [-0.4, -0.2) is 5.71 Å². The van der Waals surface area contributed by atoms with Crippen LogP contribution in [0.1, 0.15) is 64.2 Å². The van der Waals surface area contributed by atoms with Crippen molar-refractivity contribution >= 4 is 11.4 Å². The number of anilines is 1. The van der Waals surface area contributed by atoms with E-state index in [9.17, 15) is 4.39 Å². The standard InChI is InChI=1S/C12H15FN2.2C2H6/c1-7-5-9(12(13)3-4-12)11(8(2)14)10(15)6-7;2*1-2/h5-6,14H,3-4,15H2,1-2H3;2*1-2H3. The van der Waals surface area contributed by atoms with Crippen molar-refractivity contribution in [2.24, 2.45) is 0 Å². The monoisotopic (exact) mass is 266 g/mol. The van der Waals surface area contributed by atoms with Crippen LogP contribution in [0.3, 0.4) is 0 Å². The fraction of sp³-hybridized carbons (Fsp3) is 0.562. The zero-order chi connectivity index (χ0) is 15.2. The Kier molecular flexibility index (Phi) is 6.74. The first-order valence-electron chi connectivity index (χ1n) is 7.09. The van der Waals surface area contributed by atoms with Crippen LogP contribution in [-0.2, 0) is 5.67 Å². The zero-order valence-electron chi connectivity index (χ0n) is 13.0. The summed E-state index contributed by atoms with van der Waals surface area (Å²) < 4.78 is 14.1. The largest absolute Gasteiger partial charge is 0.398 e. The lowest BCUT2D eigenvalue weighted by molar-refractivity contribution is 0.317. The van der Waals surface area contributed by atoms with Crippen LogP contribution in [0, 0.1) is 12.3 Å². The van der Waals surface area contributed by atoms with Gasteiger partial charge in [-0.15, -0.1) is 0 Å². The average molecular weight is 266 g/mol. The topological polar surface area (TPSA) is 49.9 Å². The molecule has 0 aromatic heterocycles. The van der Waals surface area contributed by atoms with Gasteiger partial charge in [-0.25, -0.2) is 4.39 Å². The number of aryl methyl sites for hydroxylation is 1. The number of hydrogen-bond donors (Lipinski definition) is 2. The summed E-state index contributed by atoms with van der Waals surface area (Å²) in [6.07, 6.45) is 1.10. The Balaban J connectivity index is 0.000000741. The third-order valence-corrected chi connectivity index (χ3v) is 2.86. The van der Waals surface area contributed by atoms with Crippen molar-refractivity contribution in [3.63, 3.8) is 0 Å². The summed E-state index contributed by atoms with van der Waals surface area (Å²) in [5, 5.41) is 7.65. The first kappa shape index (κ1) is 17.6. The summed E-state index contributed by atoms with van der Waals surface area (Å²) >= 11 is 0. The highest BCUT2D eigenvalue weighted by Gasteiger charge is 2.46. The normalized spacial score (nSPS) is 14.5. The molecule has 1 fully saturated rings. The number of nitrogen functional groups attached to an aromatic ring is 1. The molecule has 0 amide bonds. The molecule has 1 saturated carbocycles. The maximum atomic E-state index is 14.1. The molecule has 0 bridgehead atoms. The second-order valence-electron chi connectivity index (χ2n) is 4.37. The molecule has 0 atom stereocenters. The third-order valence-electron chi connectivity index (χ3n) is 2.86. The van der Waals surface area contributed by atoms with Gasteiger partial charge in [0.05, 0.1) is 0 Å². The maximum absolute atomic E-state index is 14.1. The summed E-state index contributed by atoms with van der Waals surface area (Å²) in [6, 6.07) is 3.61. The Morgan fingerprint density at radius 1 is 1.21 bits per heavy atom. The third kappa shape index (κ3) is 4.05. The highest BCUT2D eigenvalue weighted by Crippen LogP contribution is 2.51. The van der Waals surface area contributed by atoms with Crippen LogP contribution >= 0.6 is 0 Å². The van der Waals surface area contributed by atoms with Crippen molar-refractivity contribution in [2.75, 3.05) is 5.73 Å². The second-order valence-corrected chi connectivity index (χ2v) is 4.37. The van der Waals surface area contributed by atoms with Crippen molar-refractivity contribution in [1.29, 1.82) is 5.41 Å². The predicted octanol–water partition coefficient (Wildman–Crippen LogP) is 4.98. The number of rotatable bonds is 2. The highest BCUT2D eigenvalue weighted by molar-refractivity contribution is 6.02. The molecular formula is C16H27FN2. The summed E-state index contributed by atoms with van der Waals surface area (Å²) in [4.78, 5) is 0. The van der Waals surface area contributed by atoms with Crippen molar-refractivity contribution in [1.82, 2.24) is 0 Å². The molecule has 0 unspecified atom stereocenters. The van der Waals surface area contributed by atoms with Crippen molar-refractivity contribution in [3.05, 3.63) is 28.8 Å². The number of nitrogens with two attached hydrogens (primary N) is 1. The van der Waals surface area contributed by atoms with E-state index in [1.54, 1.807) is 13.0 Å². The van der Waals surface area contributed by atoms with E-state index in [0.717, 1.165) is 5.56 Å². The van der Waals surface area contributed by atoms with Gasteiger partial charge in [-0.1, -0.05) is 33.8 Å². The summed E-state index contributed by atoms with van der Waals surface area (Å²) in [6.45, 7) is 11.5. The smallest absolute Gasteiger partial charge is 0.137 e. The van der Waals surface area contributed by atoms with E-state index in [4.69, 9.17) is 11.1 Å². The van der Waals surface area contributed by atoms with Gasteiger partial charge in [-0.3, -0.25) is 0 Å². The lowest BCUT2D eigenvalue weighted by atomic mass is 9.94. The Bertz CT molecular complexity index is 435. The highest BCUT2D eigenvalue weighted by atomic mass is 19.1. The molecule has 3 heteroatoms. The molecule has 0 saturated heterocycles. The van der Waals surface area contributed by atoms with Crippen molar-refractivity contribution in [3.8, 4) is 0 Å². The molecule has 1 aliphatic rings. The van der Waals surface area contributed by atoms with E-state index in [2.05, 4.69) is 0 Å². The Morgan fingerprint density at radius 3 is 2.05 bits per heavy atom. The van der Waals surface area contributed by atoms with Crippen LogP contribution in [0.25, 0.3) is 0 Å². The van der Waals surface area contributed by atoms with Crippen LogP contribution in [0.5, 0.6) is 0 Å². The van der Waals surface area contributed by atoms with Gasteiger partial charge >= 0.3 is 0 Å². The molecule has 108 valence electrons. The van der Waals surface area contributed by atoms with Gasteiger partial charge in [0.2, 0.25) is 0 Å². The minimum absolute atomic E-state index is 0.339. The SMILES string of the molecule is CC.CC.CC(=N)c1c(N)cc(C)cc1C1(F)CC1. The molecule has 0 aliphatic heterocycles. The van der Waals surface area contributed by atoms with E-state index in [-0.39, 0.29) is 0 Å². The van der Waals surface area contributed by atoms with E-state index >= 15 is 0 Å². The van der Waals surface area contributed by atoms with Crippen LogP contribution in [0.4, 0.5) is 10.1 Å². The quantitative estimate of drug-likeness (QED) is 0.576. The lowest BCUT2D eigenvalue weighted by Gasteiger charge is -2.15. The molecule has 1 aliphatic carbocycles. The van der Waals surface area contributed by atoms with E-state index in [1.165, 1.54) is 0 Å². The number of benzene rings is 1. The average Bonchev–Trinajstić information content (AvgIpc) is 3.12. The van der Waals surface area contributed by atoms with E-state index < -0.39 is 5.67 Å². The van der Waals surface area contributed by atoms with Crippen LogP contribution < -0.4 is 5.73 Å². The maximum Gasteiger partial charge on any atom is 0.137 e. The van der Waals surface area contributed by atoms with Gasteiger partial charge in [0, 0.05) is 22.5 Å². The second kappa shape index (κ2) is 7.27. The van der Waals surface area contributed by atoms with Gasteiger partial charge in [0.1, 0.15) is 5.67 Å². The minimum Gasteiger partial charge on any atom is -0.398 e. The molecule has 2 nitrogen and oxygen atoms in total. The van der Waals surface area contributed by atoms with Gasteiger partial charge < -0.3 is 11.1 Å². The number of nitrogens with one attached hydrogen (secondary N) is 1. The fourth-order valence-electron chi connectivity index (χ4n) is 1.97. The number of halogens is 1. The van der Waals surface area contributed by atoms with E-state index in [1.807, 2.05) is 40.7 Å². The molecule has 1 aromatic carbocycles. The summed E-state index contributed by atoms with van der Waals surface area (Å²) in [5.74, 6) is 0. The Hall–Kier alpha value is -1.38. The fourth-order valence-corrected chi connectivity index (χ4v) is 1.97. The van der Waals surface area contributed by atoms with Crippen LogP contribution in [0.2, 0.25) is 0 Å². The van der Waals surface area contributed by atoms with Crippen molar-refractivity contribution < 1.29 is 4.39 Å². The van der Waals surface area contributed by atoms with Crippen molar-refractivity contribution in [2.45, 2.75) is 60.1 Å². The molecule has 3 N–H and O–H groups in total. The molecule has 1 aromatic rings. The predicted molar refractivity (Wildman–Crippen MR) is 82.8 cm³/mol. The first-order chi connectivity index (χ1) is 8.94. The summed E-state index contributed by atoms with van der Waals surface area (Å²) in [5.41, 5.74) is 7.61. The lowest BCUT2D eigenvalue weighted by Crippen LogP contribution is -2.11. The molecule has 0 heterocycles. The van der Waals surface area contributed by atoms with Crippen LogP contribution in [0.15, 0.2) is 12.1 Å².